The number of amidine groups is 1. The van der Waals surface area contributed by atoms with Gasteiger partial charge in [-0.25, -0.2) is 4.98 Å². The largest absolute Gasteiger partial charge is 0.300 e. The normalized spacial score (nSPS) is 17.2. The Morgan fingerprint density at radius 1 is 1.15 bits per heavy atom. The molecule has 0 spiro atoms. The van der Waals surface area contributed by atoms with Crippen LogP contribution in [-0.4, -0.2) is 21.0 Å². The number of thiazole rings is 1. The van der Waals surface area contributed by atoms with E-state index in [1.165, 1.54) is 35.2 Å². The lowest BCUT2D eigenvalue weighted by molar-refractivity contribution is -0.384. The summed E-state index contributed by atoms with van der Waals surface area (Å²) in [5.74, 6) is -0.256. The van der Waals surface area contributed by atoms with E-state index >= 15 is 0 Å². The molecule has 3 aromatic rings. The van der Waals surface area contributed by atoms with Crippen molar-refractivity contribution >= 4 is 61.3 Å². The van der Waals surface area contributed by atoms with Gasteiger partial charge in [-0.3, -0.25) is 14.9 Å². The van der Waals surface area contributed by atoms with Crippen LogP contribution in [0.5, 0.6) is 0 Å². The van der Waals surface area contributed by atoms with Crippen LogP contribution in [0.4, 0.5) is 10.8 Å². The Morgan fingerprint density at radius 2 is 1.92 bits per heavy atom. The number of nitro groups is 1. The molecule has 0 radical (unpaired) electrons. The average molecular weight is 382 g/mol. The van der Waals surface area contributed by atoms with Crippen LogP contribution in [0.3, 0.4) is 0 Å². The molecule has 0 aliphatic carbocycles. The lowest BCUT2D eigenvalue weighted by atomic mass is 10.2. The van der Waals surface area contributed by atoms with Gasteiger partial charge in [-0.1, -0.05) is 23.5 Å². The second-order valence-corrected chi connectivity index (χ2v) is 7.33. The van der Waals surface area contributed by atoms with E-state index in [-0.39, 0.29) is 11.6 Å². The van der Waals surface area contributed by atoms with Gasteiger partial charge >= 0.3 is 0 Å². The van der Waals surface area contributed by atoms with Crippen molar-refractivity contribution in [3.8, 4) is 0 Å². The second kappa shape index (κ2) is 6.70. The number of fused-ring (bicyclic) bond motifs is 1. The van der Waals surface area contributed by atoms with Gasteiger partial charge in [0.05, 0.1) is 20.0 Å². The fourth-order valence-corrected chi connectivity index (χ4v) is 4.04. The van der Waals surface area contributed by atoms with Crippen LogP contribution < -0.4 is 5.32 Å². The Bertz CT molecular complexity index is 1050. The molecule has 1 saturated heterocycles. The summed E-state index contributed by atoms with van der Waals surface area (Å²) in [6, 6.07) is 13.7. The average Bonchev–Trinajstić information content (AvgIpc) is 3.18. The van der Waals surface area contributed by atoms with E-state index in [0.29, 0.717) is 20.8 Å². The Balaban J connectivity index is 1.56. The second-order valence-electron chi connectivity index (χ2n) is 5.29. The molecular weight excluding hydrogens is 372 g/mol. The predicted octanol–water partition coefficient (Wildman–Crippen LogP) is 4.10. The van der Waals surface area contributed by atoms with Crippen molar-refractivity contribution in [2.45, 2.75) is 0 Å². The number of rotatable bonds is 3. The number of amides is 1. The minimum Gasteiger partial charge on any atom is -0.300 e. The zero-order valence-electron chi connectivity index (χ0n) is 13.1. The van der Waals surface area contributed by atoms with E-state index in [1.54, 1.807) is 18.2 Å². The molecule has 1 N–H and O–H groups in total. The summed E-state index contributed by atoms with van der Waals surface area (Å²) in [4.78, 5) is 31.6. The summed E-state index contributed by atoms with van der Waals surface area (Å²) in [6.45, 7) is 0. The number of hydrogen-bond acceptors (Lipinski definition) is 7. The number of carbonyl (C=O) groups excluding carboxylic acids is 1. The van der Waals surface area contributed by atoms with E-state index in [4.69, 9.17) is 0 Å². The number of para-hydroxylation sites is 1. The molecule has 1 fully saturated rings. The molecular formula is C17H10N4O3S2. The van der Waals surface area contributed by atoms with E-state index in [9.17, 15) is 14.9 Å². The van der Waals surface area contributed by atoms with Crippen molar-refractivity contribution in [2.75, 3.05) is 0 Å². The monoisotopic (exact) mass is 382 g/mol. The molecule has 4 rings (SSSR count). The quantitative estimate of drug-likeness (QED) is 0.418. The van der Waals surface area contributed by atoms with E-state index in [2.05, 4.69) is 15.3 Å². The number of non-ortho nitro benzene ring substituents is 1. The number of nitro benzene ring substituents is 1. The smallest absolute Gasteiger partial charge is 0.269 e. The van der Waals surface area contributed by atoms with Gasteiger partial charge in [0.1, 0.15) is 0 Å². The Labute approximate surface area is 155 Å². The Kier molecular flexibility index (Phi) is 4.23. The summed E-state index contributed by atoms with van der Waals surface area (Å²) in [5.41, 5.74) is 1.58. The zero-order chi connectivity index (χ0) is 18.1. The summed E-state index contributed by atoms with van der Waals surface area (Å²) >= 11 is 2.66. The highest BCUT2D eigenvalue weighted by molar-refractivity contribution is 8.18. The molecule has 9 heteroatoms. The molecule has 1 aromatic heterocycles. The van der Waals surface area contributed by atoms with Gasteiger partial charge in [-0.05, 0) is 47.7 Å². The van der Waals surface area contributed by atoms with Gasteiger partial charge in [-0.2, -0.15) is 4.99 Å². The zero-order valence-corrected chi connectivity index (χ0v) is 14.7. The molecule has 1 amide bonds. The van der Waals surface area contributed by atoms with Crippen molar-refractivity contribution < 1.29 is 9.72 Å². The molecule has 7 nitrogen and oxygen atoms in total. The molecule has 2 heterocycles. The number of thioether (sulfide) groups is 1. The molecule has 128 valence electrons. The third-order valence-corrected chi connectivity index (χ3v) is 5.37. The van der Waals surface area contributed by atoms with Crippen LogP contribution in [-0.2, 0) is 4.79 Å². The fraction of sp³-hybridized carbons (Fsp3) is 0. The molecule has 26 heavy (non-hydrogen) atoms. The summed E-state index contributed by atoms with van der Waals surface area (Å²) in [7, 11) is 0. The van der Waals surface area contributed by atoms with Crippen LogP contribution in [0.15, 0.2) is 58.4 Å². The minimum absolute atomic E-state index is 0.00811. The number of aliphatic imine (C=N–C) groups is 1. The van der Waals surface area contributed by atoms with Crippen molar-refractivity contribution in [1.29, 1.82) is 0 Å². The summed E-state index contributed by atoms with van der Waals surface area (Å²) in [6.07, 6.45) is 1.67. The maximum atomic E-state index is 12.1. The SMILES string of the molecule is O=C1NC(=Nc2nc3ccccc3s2)S/C1=C\c1ccc([N+](=O)[O-])cc1. The first-order chi connectivity index (χ1) is 12.6. The number of nitrogens with zero attached hydrogens (tertiary/aromatic N) is 3. The van der Waals surface area contributed by atoms with Crippen LogP contribution in [0.2, 0.25) is 0 Å². The third kappa shape index (κ3) is 3.35. The lowest BCUT2D eigenvalue weighted by Crippen LogP contribution is -2.19. The molecule has 0 saturated carbocycles. The molecule has 0 bridgehead atoms. The number of nitrogens with one attached hydrogen (secondary N) is 1. The van der Waals surface area contributed by atoms with Crippen LogP contribution >= 0.6 is 23.1 Å². The maximum absolute atomic E-state index is 12.1. The van der Waals surface area contributed by atoms with Gasteiger partial charge < -0.3 is 5.32 Å². The number of benzene rings is 2. The predicted molar refractivity (Wildman–Crippen MR) is 104 cm³/mol. The Morgan fingerprint density at radius 3 is 2.65 bits per heavy atom. The van der Waals surface area contributed by atoms with Crippen LogP contribution in [0.1, 0.15) is 5.56 Å². The Hall–Kier alpha value is -3.04. The minimum atomic E-state index is -0.462. The van der Waals surface area contributed by atoms with Crippen molar-refractivity contribution in [3.63, 3.8) is 0 Å². The van der Waals surface area contributed by atoms with Crippen LogP contribution in [0.25, 0.3) is 16.3 Å². The highest BCUT2D eigenvalue weighted by Crippen LogP contribution is 2.32. The first-order valence-corrected chi connectivity index (χ1v) is 9.11. The fourth-order valence-electron chi connectivity index (χ4n) is 2.32. The topological polar surface area (TPSA) is 97.5 Å². The lowest BCUT2D eigenvalue weighted by Gasteiger charge is -1.95. The van der Waals surface area contributed by atoms with Gasteiger partial charge in [0.25, 0.3) is 11.6 Å². The van der Waals surface area contributed by atoms with E-state index in [1.807, 2.05) is 24.3 Å². The molecule has 0 unspecified atom stereocenters. The van der Waals surface area contributed by atoms with Gasteiger partial charge in [0, 0.05) is 12.1 Å². The van der Waals surface area contributed by atoms with Gasteiger partial charge in [0.15, 0.2) is 5.17 Å². The van der Waals surface area contributed by atoms with E-state index < -0.39 is 4.92 Å². The highest BCUT2D eigenvalue weighted by atomic mass is 32.2. The third-order valence-electron chi connectivity index (χ3n) is 3.53. The molecule has 0 atom stereocenters. The maximum Gasteiger partial charge on any atom is 0.269 e. The first kappa shape index (κ1) is 16.4. The van der Waals surface area contributed by atoms with Crippen molar-refractivity contribution in [1.82, 2.24) is 10.3 Å². The molecule has 2 aromatic carbocycles. The number of aromatic nitrogens is 1. The molecule has 1 aliphatic rings. The molecule has 1 aliphatic heterocycles. The van der Waals surface area contributed by atoms with E-state index in [0.717, 1.165) is 10.2 Å². The standard InChI is InChI=1S/C17H10N4O3S2/c22-15-14(9-10-5-7-11(8-6-10)21(23)24)26-17(19-15)20-16-18-12-3-1-2-4-13(12)25-16/h1-9H,(H,18,19,20,22)/b14-9-. The van der Waals surface area contributed by atoms with Crippen LogP contribution in [0, 0.1) is 10.1 Å². The van der Waals surface area contributed by atoms with Crippen molar-refractivity contribution in [2.24, 2.45) is 4.99 Å². The van der Waals surface area contributed by atoms with Gasteiger partial charge in [0.2, 0.25) is 5.13 Å². The summed E-state index contributed by atoms with van der Waals surface area (Å²) in [5, 5.41) is 14.4. The van der Waals surface area contributed by atoms with Gasteiger partial charge in [-0.15, -0.1) is 0 Å². The number of hydrogen-bond donors (Lipinski definition) is 1. The number of carbonyl (C=O) groups is 1. The highest BCUT2D eigenvalue weighted by Gasteiger charge is 2.24. The van der Waals surface area contributed by atoms with Crippen molar-refractivity contribution in [3.05, 3.63) is 69.1 Å². The summed E-state index contributed by atoms with van der Waals surface area (Å²) < 4.78 is 1.03. The first-order valence-electron chi connectivity index (χ1n) is 7.48.